The normalized spacial score (nSPS) is 13.6. The summed E-state index contributed by atoms with van der Waals surface area (Å²) in [5.41, 5.74) is -10.8. The van der Waals surface area contributed by atoms with E-state index in [2.05, 4.69) is 6.07 Å². The molecule has 0 atom stereocenters. The fourth-order valence-corrected chi connectivity index (χ4v) is 2.93. The van der Waals surface area contributed by atoms with Crippen LogP contribution in [0.1, 0.15) is 22.3 Å². The third-order valence-corrected chi connectivity index (χ3v) is 4.22. The molecule has 0 heterocycles. The summed E-state index contributed by atoms with van der Waals surface area (Å²) in [5, 5.41) is 0. The molecule has 0 bridgehead atoms. The highest BCUT2D eigenvalue weighted by molar-refractivity contribution is 5.73. The quantitative estimate of drug-likeness (QED) is 0.463. The van der Waals surface area contributed by atoms with Crippen molar-refractivity contribution in [3.63, 3.8) is 0 Å². The minimum absolute atomic E-state index is 0.247. The highest BCUT2D eigenvalue weighted by Gasteiger charge is 2.74. The van der Waals surface area contributed by atoms with Crippen molar-refractivity contribution in [3.8, 4) is 11.1 Å². The summed E-state index contributed by atoms with van der Waals surface area (Å²) >= 11 is 0. The topological polar surface area (TPSA) is 9.23 Å². The Morgan fingerprint density at radius 2 is 1.33 bits per heavy atom. The standard InChI is InChI=1S/C19H13F10O/c1-10-7-12(9-30-2)15(11-3-5-13(6-4-11)17(21,22)23)14(8-10)16(20,18(24,25)26)19(27,28)29/h3-6,8H,9H2,1-2H3. The van der Waals surface area contributed by atoms with Gasteiger partial charge in [0.2, 0.25) is 0 Å². The molecule has 0 spiro atoms. The lowest BCUT2D eigenvalue weighted by Crippen LogP contribution is -2.50. The molecule has 0 aliphatic carbocycles. The van der Waals surface area contributed by atoms with E-state index in [1.54, 1.807) is 0 Å². The van der Waals surface area contributed by atoms with Crippen LogP contribution >= 0.6 is 0 Å². The lowest BCUT2D eigenvalue weighted by molar-refractivity contribution is -0.348. The van der Waals surface area contributed by atoms with Crippen molar-refractivity contribution in [2.24, 2.45) is 0 Å². The molecule has 1 radical (unpaired) electrons. The summed E-state index contributed by atoms with van der Waals surface area (Å²) in [7, 11) is 1.09. The van der Waals surface area contributed by atoms with Crippen LogP contribution in [0.4, 0.5) is 43.9 Å². The fourth-order valence-electron chi connectivity index (χ4n) is 2.93. The van der Waals surface area contributed by atoms with Gasteiger partial charge in [0.1, 0.15) is 0 Å². The maximum atomic E-state index is 14.9. The molecule has 0 amide bonds. The summed E-state index contributed by atoms with van der Waals surface area (Å²) < 4.78 is 138. The number of rotatable bonds is 4. The Kier molecular flexibility index (Phi) is 6.19. The van der Waals surface area contributed by atoms with E-state index in [0.717, 1.165) is 14.0 Å². The average Bonchev–Trinajstić information content (AvgIpc) is 2.58. The first-order chi connectivity index (χ1) is 13.5. The Labute approximate surface area is 164 Å². The van der Waals surface area contributed by atoms with Crippen LogP contribution in [-0.2, 0) is 23.2 Å². The van der Waals surface area contributed by atoms with Gasteiger partial charge in [0.05, 0.1) is 12.2 Å². The van der Waals surface area contributed by atoms with E-state index in [-0.39, 0.29) is 11.1 Å². The molecule has 0 unspecified atom stereocenters. The number of halogens is 10. The zero-order valence-corrected chi connectivity index (χ0v) is 15.3. The summed E-state index contributed by atoms with van der Waals surface area (Å²) in [6.45, 7) is 0.545. The van der Waals surface area contributed by atoms with E-state index in [1.165, 1.54) is 0 Å². The number of benzene rings is 2. The molecular formula is C19H13F10O. The SMILES string of the molecule is COCc1[c]c(C)cc(C(F)(C(F)(F)F)C(F)(F)F)c1-c1ccc(C(F)(F)F)cc1. The number of hydrogen-bond donors (Lipinski definition) is 0. The summed E-state index contributed by atoms with van der Waals surface area (Å²) in [4.78, 5) is 0. The van der Waals surface area contributed by atoms with Gasteiger partial charge in [-0.25, -0.2) is 4.39 Å². The second-order valence-electron chi connectivity index (χ2n) is 6.38. The van der Waals surface area contributed by atoms with Crippen molar-refractivity contribution in [2.75, 3.05) is 7.11 Å². The summed E-state index contributed by atoms with van der Waals surface area (Å²) in [6.07, 6.45) is -17.6. The molecule has 2 aromatic carbocycles. The van der Waals surface area contributed by atoms with Crippen molar-refractivity contribution in [2.45, 2.75) is 37.7 Å². The zero-order valence-electron chi connectivity index (χ0n) is 15.3. The van der Waals surface area contributed by atoms with Gasteiger partial charge in [-0.2, -0.15) is 39.5 Å². The van der Waals surface area contributed by atoms with E-state index in [0.29, 0.717) is 30.3 Å². The molecule has 2 rings (SSSR count). The first-order valence-corrected chi connectivity index (χ1v) is 8.09. The Balaban J connectivity index is 2.92. The minimum Gasteiger partial charge on any atom is -0.380 e. The largest absolute Gasteiger partial charge is 0.435 e. The number of methoxy groups -OCH3 is 1. The molecule has 0 aromatic heterocycles. The van der Waals surface area contributed by atoms with Crippen molar-refractivity contribution in [1.82, 2.24) is 0 Å². The molecule has 11 heteroatoms. The maximum Gasteiger partial charge on any atom is 0.435 e. The van der Waals surface area contributed by atoms with Crippen LogP contribution in [0.25, 0.3) is 11.1 Å². The minimum atomic E-state index is -6.40. The predicted molar refractivity (Wildman–Crippen MR) is 86.1 cm³/mol. The number of ether oxygens (including phenoxy) is 1. The van der Waals surface area contributed by atoms with Gasteiger partial charge >= 0.3 is 24.2 Å². The molecular weight excluding hydrogens is 434 g/mol. The molecule has 0 fully saturated rings. The van der Waals surface area contributed by atoms with E-state index in [1.807, 2.05) is 0 Å². The van der Waals surface area contributed by atoms with Gasteiger partial charge in [-0.3, -0.25) is 0 Å². The van der Waals surface area contributed by atoms with Crippen molar-refractivity contribution in [3.05, 3.63) is 58.7 Å². The maximum absolute atomic E-state index is 14.9. The van der Waals surface area contributed by atoms with Gasteiger partial charge < -0.3 is 4.74 Å². The molecule has 165 valence electrons. The smallest absolute Gasteiger partial charge is 0.380 e. The molecule has 0 aliphatic heterocycles. The second-order valence-corrected chi connectivity index (χ2v) is 6.38. The van der Waals surface area contributed by atoms with Gasteiger partial charge in [0.25, 0.3) is 0 Å². The van der Waals surface area contributed by atoms with Crippen LogP contribution in [0.2, 0.25) is 0 Å². The molecule has 2 aromatic rings. The van der Waals surface area contributed by atoms with Crippen molar-refractivity contribution in [1.29, 1.82) is 0 Å². The van der Waals surface area contributed by atoms with Gasteiger partial charge in [-0.1, -0.05) is 18.2 Å². The van der Waals surface area contributed by atoms with E-state index in [9.17, 15) is 43.9 Å². The molecule has 30 heavy (non-hydrogen) atoms. The molecule has 0 saturated heterocycles. The van der Waals surface area contributed by atoms with Crippen LogP contribution in [0, 0.1) is 13.0 Å². The Hall–Kier alpha value is -2.30. The monoisotopic (exact) mass is 447 g/mol. The Morgan fingerprint density at radius 3 is 1.73 bits per heavy atom. The fraction of sp³-hybridized carbons (Fsp3) is 0.368. The van der Waals surface area contributed by atoms with Crippen LogP contribution in [0.15, 0.2) is 30.3 Å². The summed E-state index contributed by atoms with van der Waals surface area (Å²) in [5.74, 6) is 0. The third kappa shape index (κ3) is 4.26. The van der Waals surface area contributed by atoms with Gasteiger partial charge in [0, 0.05) is 12.7 Å². The zero-order chi connectivity index (χ0) is 23.1. The lowest BCUT2D eigenvalue weighted by atomic mass is 9.83. The average molecular weight is 447 g/mol. The Morgan fingerprint density at radius 1 is 0.833 bits per heavy atom. The first kappa shape index (κ1) is 24.0. The van der Waals surface area contributed by atoms with E-state index < -0.39 is 53.1 Å². The molecule has 0 aliphatic rings. The number of alkyl halides is 10. The Bertz CT molecular complexity index is 878. The van der Waals surface area contributed by atoms with Crippen LogP contribution in [0.3, 0.4) is 0 Å². The highest BCUT2D eigenvalue weighted by Crippen LogP contribution is 2.56. The number of hydrogen-bond acceptors (Lipinski definition) is 1. The van der Waals surface area contributed by atoms with Crippen molar-refractivity contribution >= 4 is 0 Å². The van der Waals surface area contributed by atoms with E-state index >= 15 is 0 Å². The predicted octanol–water partition coefficient (Wildman–Crippen LogP) is 6.92. The van der Waals surface area contributed by atoms with Crippen LogP contribution < -0.4 is 0 Å². The first-order valence-electron chi connectivity index (χ1n) is 8.09. The van der Waals surface area contributed by atoms with E-state index in [4.69, 9.17) is 4.74 Å². The van der Waals surface area contributed by atoms with Crippen LogP contribution in [-0.4, -0.2) is 19.5 Å². The second kappa shape index (κ2) is 7.75. The van der Waals surface area contributed by atoms with Gasteiger partial charge in [-0.05, 0) is 47.4 Å². The number of aryl methyl sites for hydroxylation is 1. The van der Waals surface area contributed by atoms with Gasteiger partial charge in [0.15, 0.2) is 0 Å². The highest BCUT2D eigenvalue weighted by atomic mass is 19.4. The summed E-state index contributed by atoms with van der Waals surface area (Å²) in [6, 6.07) is 5.08. The van der Waals surface area contributed by atoms with Gasteiger partial charge in [-0.15, -0.1) is 0 Å². The third-order valence-electron chi connectivity index (χ3n) is 4.22. The van der Waals surface area contributed by atoms with Crippen LogP contribution in [0.5, 0.6) is 0 Å². The molecule has 1 nitrogen and oxygen atoms in total. The molecule has 0 N–H and O–H groups in total. The molecule has 0 saturated carbocycles. The van der Waals surface area contributed by atoms with Crippen molar-refractivity contribution < 1.29 is 48.6 Å². The lowest BCUT2D eigenvalue weighted by Gasteiger charge is -2.33.